The number of rotatable bonds is 5. The molecule has 0 spiro atoms. The second-order valence-electron chi connectivity index (χ2n) is 5.19. The second kappa shape index (κ2) is 6.93. The van der Waals surface area contributed by atoms with Gasteiger partial charge in [0.15, 0.2) is 5.03 Å². The van der Waals surface area contributed by atoms with E-state index in [0.717, 1.165) is 37.6 Å². The summed E-state index contributed by atoms with van der Waals surface area (Å²) in [5.41, 5.74) is 0.387. The highest BCUT2D eigenvalue weighted by atomic mass is 32.2. The second-order valence-corrected chi connectivity index (χ2v) is 6.16. The van der Waals surface area contributed by atoms with Gasteiger partial charge in [-0.1, -0.05) is 18.7 Å². The molecule has 0 aliphatic carbocycles. The molecule has 0 bridgehead atoms. The van der Waals surface area contributed by atoms with Crippen LogP contribution in [0.15, 0.2) is 5.03 Å². The quantitative estimate of drug-likeness (QED) is 0.512. The molecular weight excluding hydrogens is 292 g/mol. The van der Waals surface area contributed by atoms with E-state index in [1.54, 1.807) is 6.92 Å². The van der Waals surface area contributed by atoms with Crippen molar-refractivity contribution >= 4 is 23.4 Å². The van der Waals surface area contributed by atoms with E-state index >= 15 is 0 Å². The number of nitrogens with one attached hydrogen (secondary N) is 1. The SMILES string of the molecule is CCC1CCCCN1C(=O)CSc1n[nH]c(C)c1[N+](=O)[O-]. The first-order valence-electron chi connectivity index (χ1n) is 7.16. The number of nitro groups is 1. The Balaban J connectivity index is 1.99. The Hall–Kier alpha value is -1.57. The number of aromatic nitrogens is 2. The lowest BCUT2D eigenvalue weighted by molar-refractivity contribution is -0.388. The van der Waals surface area contributed by atoms with Crippen molar-refractivity contribution in [2.24, 2.45) is 0 Å². The van der Waals surface area contributed by atoms with Crippen LogP contribution in [0, 0.1) is 17.0 Å². The standard InChI is InChI=1S/C13H20N4O3S/c1-3-10-6-4-5-7-16(10)11(18)8-21-13-12(17(19)20)9(2)14-15-13/h10H,3-8H2,1-2H3,(H,14,15). The number of carbonyl (C=O) groups excluding carboxylic acids is 1. The topological polar surface area (TPSA) is 92.1 Å². The van der Waals surface area contributed by atoms with Crippen molar-refractivity contribution in [3.8, 4) is 0 Å². The normalized spacial score (nSPS) is 18.8. The monoisotopic (exact) mass is 312 g/mol. The van der Waals surface area contributed by atoms with Crippen LogP contribution in [0.25, 0.3) is 0 Å². The summed E-state index contributed by atoms with van der Waals surface area (Å²) in [4.78, 5) is 24.8. The molecule has 2 heterocycles. The number of carbonyl (C=O) groups is 1. The number of hydrogen-bond acceptors (Lipinski definition) is 5. The number of aromatic amines is 1. The molecular formula is C13H20N4O3S. The lowest BCUT2D eigenvalue weighted by Gasteiger charge is -2.35. The van der Waals surface area contributed by atoms with Gasteiger partial charge in [-0.25, -0.2) is 0 Å². The van der Waals surface area contributed by atoms with Gasteiger partial charge in [0.1, 0.15) is 5.69 Å². The molecule has 1 amide bonds. The first-order valence-corrected chi connectivity index (χ1v) is 8.14. The van der Waals surface area contributed by atoms with E-state index in [1.165, 1.54) is 6.42 Å². The minimum absolute atomic E-state index is 0.0292. The van der Waals surface area contributed by atoms with Crippen LogP contribution in [0.4, 0.5) is 5.69 Å². The molecule has 1 fully saturated rings. The summed E-state index contributed by atoms with van der Waals surface area (Å²) in [6.45, 7) is 4.49. The maximum atomic E-state index is 12.3. The lowest BCUT2D eigenvalue weighted by atomic mass is 10.0. The largest absolute Gasteiger partial charge is 0.339 e. The van der Waals surface area contributed by atoms with E-state index in [2.05, 4.69) is 17.1 Å². The third-order valence-electron chi connectivity index (χ3n) is 3.82. The summed E-state index contributed by atoms with van der Waals surface area (Å²) in [6.07, 6.45) is 4.21. The van der Waals surface area contributed by atoms with E-state index in [-0.39, 0.29) is 22.4 Å². The zero-order valence-corrected chi connectivity index (χ0v) is 13.1. The van der Waals surface area contributed by atoms with Gasteiger partial charge in [0.2, 0.25) is 5.91 Å². The number of hydrogen-bond donors (Lipinski definition) is 1. The van der Waals surface area contributed by atoms with Crippen LogP contribution in [0.2, 0.25) is 0 Å². The zero-order chi connectivity index (χ0) is 15.4. The summed E-state index contributed by atoms with van der Waals surface area (Å²) in [5.74, 6) is 0.239. The van der Waals surface area contributed by atoms with Crippen LogP contribution in [0.5, 0.6) is 0 Å². The van der Waals surface area contributed by atoms with E-state index in [1.807, 2.05) is 4.90 Å². The lowest BCUT2D eigenvalue weighted by Crippen LogP contribution is -2.44. The van der Waals surface area contributed by atoms with Gasteiger partial charge in [0.25, 0.3) is 0 Å². The van der Waals surface area contributed by atoms with Gasteiger partial charge in [-0.05, 0) is 32.6 Å². The van der Waals surface area contributed by atoms with Crippen LogP contribution in [0.1, 0.15) is 38.3 Å². The van der Waals surface area contributed by atoms with Crippen LogP contribution in [0.3, 0.4) is 0 Å². The minimum Gasteiger partial charge on any atom is -0.339 e. The van der Waals surface area contributed by atoms with E-state index in [0.29, 0.717) is 11.7 Å². The van der Waals surface area contributed by atoms with Gasteiger partial charge in [0.05, 0.1) is 10.7 Å². The fourth-order valence-electron chi connectivity index (χ4n) is 2.68. The molecule has 0 saturated carbocycles. The summed E-state index contributed by atoms with van der Waals surface area (Å²) in [6, 6.07) is 0.308. The minimum atomic E-state index is -0.457. The Kier molecular flexibility index (Phi) is 5.22. The summed E-state index contributed by atoms with van der Waals surface area (Å²) >= 11 is 1.14. The Morgan fingerprint density at radius 1 is 1.57 bits per heavy atom. The summed E-state index contributed by atoms with van der Waals surface area (Å²) in [7, 11) is 0. The van der Waals surface area contributed by atoms with Crippen LogP contribution in [-0.4, -0.2) is 44.3 Å². The van der Waals surface area contributed by atoms with Crippen LogP contribution >= 0.6 is 11.8 Å². The van der Waals surface area contributed by atoms with Crippen molar-refractivity contribution in [1.82, 2.24) is 15.1 Å². The third kappa shape index (κ3) is 3.55. The number of piperidine rings is 1. The highest BCUT2D eigenvalue weighted by molar-refractivity contribution is 8.00. The van der Waals surface area contributed by atoms with E-state index < -0.39 is 4.92 Å². The first-order chi connectivity index (χ1) is 10.0. The van der Waals surface area contributed by atoms with Crippen molar-refractivity contribution in [2.75, 3.05) is 12.3 Å². The molecule has 1 aromatic rings. The molecule has 21 heavy (non-hydrogen) atoms. The number of nitrogens with zero attached hydrogens (tertiary/aromatic N) is 3. The van der Waals surface area contributed by atoms with Crippen molar-refractivity contribution < 1.29 is 9.72 Å². The van der Waals surface area contributed by atoms with Gasteiger partial charge in [0, 0.05) is 12.6 Å². The highest BCUT2D eigenvalue weighted by Crippen LogP contribution is 2.30. The molecule has 116 valence electrons. The molecule has 1 unspecified atom stereocenters. The fraction of sp³-hybridized carbons (Fsp3) is 0.692. The molecule has 7 nitrogen and oxygen atoms in total. The predicted molar refractivity (Wildman–Crippen MR) is 80.3 cm³/mol. The summed E-state index contributed by atoms with van der Waals surface area (Å²) in [5, 5.41) is 17.8. The van der Waals surface area contributed by atoms with Crippen molar-refractivity contribution in [1.29, 1.82) is 0 Å². The first kappa shape index (κ1) is 15.8. The van der Waals surface area contributed by atoms with Crippen molar-refractivity contribution in [2.45, 2.75) is 50.6 Å². The molecule has 1 saturated heterocycles. The Labute approximate surface area is 127 Å². The Morgan fingerprint density at radius 3 is 3.00 bits per heavy atom. The average Bonchev–Trinajstić information content (AvgIpc) is 2.85. The fourth-order valence-corrected chi connectivity index (χ4v) is 3.58. The van der Waals surface area contributed by atoms with Gasteiger partial charge >= 0.3 is 5.69 Å². The van der Waals surface area contributed by atoms with Crippen molar-refractivity contribution in [3.05, 3.63) is 15.8 Å². The molecule has 8 heteroatoms. The maximum Gasteiger partial charge on any atom is 0.323 e. The summed E-state index contributed by atoms with van der Waals surface area (Å²) < 4.78 is 0. The van der Waals surface area contributed by atoms with E-state index in [4.69, 9.17) is 0 Å². The van der Waals surface area contributed by atoms with Gasteiger partial charge in [-0.15, -0.1) is 0 Å². The number of aryl methyl sites for hydroxylation is 1. The van der Waals surface area contributed by atoms with Gasteiger partial charge in [-0.2, -0.15) is 5.10 Å². The third-order valence-corrected chi connectivity index (χ3v) is 4.77. The maximum absolute atomic E-state index is 12.3. The molecule has 0 aromatic carbocycles. The molecule has 0 radical (unpaired) electrons. The molecule has 1 N–H and O–H groups in total. The Morgan fingerprint density at radius 2 is 2.33 bits per heavy atom. The smallest absolute Gasteiger partial charge is 0.323 e. The number of amides is 1. The molecule has 1 atom stereocenters. The number of thioether (sulfide) groups is 1. The molecule has 1 aromatic heterocycles. The highest BCUT2D eigenvalue weighted by Gasteiger charge is 2.27. The van der Waals surface area contributed by atoms with Gasteiger partial charge < -0.3 is 4.90 Å². The predicted octanol–water partition coefficient (Wildman–Crippen LogP) is 2.51. The number of likely N-dealkylation sites (tertiary alicyclic amines) is 1. The van der Waals surface area contributed by atoms with Crippen LogP contribution < -0.4 is 0 Å². The van der Waals surface area contributed by atoms with E-state index in [9.17, 15) is 14.9 Å². The molecule has 1 aliphatic heterocycles. The Bertz CT molecular complexity index is 531. The number of H-pyrrole nitrogens is 1. The van der Waals surface area contributed by atoms with Crippen molar-refractivity contribution in [3.63, 3.8) is 0 Å². The van der Waals surface area contributed by atoms with Crippen LogP contribution in [-0.2, 0) is 4.79 Å². The molecule has 2 rings (SSSR count). The average molecular weight is 312 g/mol. The van der Waals surface area contributed by atoms with Gasteiger partial charge in [-0.3, -0.25) is 20.0 Å². The molecule has 1 aliphatic rings. The zero-order valence-electron chi connectivity index (χ0n) is 12.3.